The second-order valence-corrected chi connectivity index (χ2v) is 12.8. The van der Waals surface area contributed by atoms with E-state index in [1.165, 1.54) is 61.5 Å². The summed E-state index contributed by atoms with van der Waals surface area (Å²) in [5, 5.41) is 5.88. The Kier molecular flexibility index (Phi) is 9.51. The third kappa shape index (κ3) is 6.33. The summed E-state index contributed by atoms with van der Waals surface area (Å²) in [6, 6.07) is 5.24. The van der Waals surface area contributed by atoms with Gasteiger partial charge in [-0.15, -0.1) is 0 Å². The van der Waals surface area contributed by atoms with Gasteiger partial charge in [-0.05, 0) is 0 Å². The van der Waals surface area contributed by atoms with Gasteiger partial charge < -0.3 is 0 Å². The van der Waals surface area contributed by atoms with Crippen LogP contribution in [0, 0.1) is 0 Å². The van der Waals surface area contributed by atoms with Gasteiger partial charge in [0.05, 0.1) is 0 Å². The molecule has 0 N–H and O–H groups in total. The Hall–Kier alpha value is -0.851. The molecular weight excluding hydrogens is 465 g/mol. The molecular formula is C22H34F2N2OSn. The molecule has 0 saturated carbocycles. The van der Waals surface area contributed by atoms with E-state index in [-0.39, 0.29) is 5.75 Å². The number of nitrogens with zero attached hydrogens (tertiary/aromatic N) is 2. The summed E-state index contributed by atoms with van der Waals surface area (Å²) < 4.78 is 33.5. The molecule has 0 aliphatic carbocycles. The Morgan fingerprint density at radius 3 is 2.11 bits per heavy atom. The molecule has 156 valence electrons. The molecule has 1 aromatic carbocycles. The number of hydrogen-bond donors (Lipinski definition) is 0. The molecule has 0 bridgehead atoms. The zero-order chi connectivity index (χ0) is 20.6. The van der Waals surface area contributed by atoms with E-state index in [9.17, 15) is 8.78 Å². The number of ether oxygens (including phenoxy) is 1. The summed E-state index contributed by atoms with van der Waals surface area (Å²) in [4.78, 5) is 0. The standard InChI is InChI=1S/C13H27.C9H7F2N2O.Sn/c1-4-7-10-13(11-8-5-2)12-9-6-3;1-13-8-3-2-7(14-9(10)11)4-6(8)5-12-13;/h4-12H2,1-3H3;2-4,9H,1H3;. The Morgan fingerprint density at radius 2 is 1.61 bits per heavy atom. The Labute approximate surface area is 178 Å². The molecule has 1 heterocycles. The average molecular weight is 499 g/mol. The van der Waals surface area contributed by atoms with Gasteiger partial charge in [-0.1, -0.05) is 0 Å². The summed E-state index contributed by atoms with van der Waals surface area (Å²) >= 11 is -1.04. The third-order valence-electron chi connectivity index (χ3n) is 5.46. The van der Waals surface area contributed by atoms with Crippen LogP contribution in [0.5, 0.6) is 5.75 Å². The average Bonchev–Trinajstić information content (AvgIpc) is 2.97. The van der Waals surface area contributed by atoms with Crippen molar-refractivity contribution in [3.05, 3.63) is 18.2 Å². The van der Waals surface area contributed by atoms with Crippen LogP contribution in [0.25, 0.3) is 10.9 Å². The first-order valence-corrected chi connectivity index (χ1v) is 13.5. The van der Waals surface area contributed by atoms with Gasteiger partial charge in [0.25, 0.3) is 0 Å². The molecule has 28 heavy (non-hydrogen) atoms. The van der Waals surface area contributed by atoms with Gasteiger partial charge in [0.15, 0.2) is 0 Å². The van der Waals surface area contributed by atoms with Crippen molar-refractivity contribution in [1.29, 1.82) is 0 Å². The second kappa shape index (κ2) is 11.4. The number of rotatable bonds is 13. The summed E-state index contributed by atoms with van der Waals surface area (Å²) in [5.74, 6) is 0.234. The molecule has 2 radical (unpaired) electrons. The van der Waals surface area contributed by atoms with Crippen molar-refractivity contribution < 1.29 is 13.5 Å². The van der Waals surface area contributed by atoms with Gasteiger partial charge >= 0.3 is 179 Å². The van der Waals surface area contributed by atoms with Gasteiger partial charge in [0.2, 0.25) is 0 Å². The predicted molar refractivity (Wildman–Crippen MR) is 114 cm³/mol. The summed E-state index contributed by atoms with van der Waals surface area (Å²) in [7, 11) is 1.95. The fourth-order valence-corrected chi connectivity index (χ4v) is 9.42. The first-order valence-electron chi connectivity index (χ1n) is 10.6. The summed E-state index contributed by atoms with van der Waals surface area (Å²) in [5.41, 5.74) is 1.01. The monoisotopic (exact) mass is 500 g/mol. The normalized spacial score (nSPS) is 12.2. The maximum atomic E-state index is 12.7. The maximum absolute atomic E-state index is 12.7. The van der Waals surface area contributed by atoms with E-state index >= 15 is 0 Å². The minimum atomic E-state index is -2.80. The quantitative estimate of drug-likeness (QED) is 0.306. The third-order valence-corrected chi connectivity index (χ3v) is 10.8. The van der Waals surface area contributed by atoms with Crippen molar-refractivity contribution in [3.63, 3.8) is 0 Å². The van der Waals surface area contributed by atoms with E-state index in [4.69, 9.17) is 5.10 Å². The topological polar surface area (TPSA) is 27.1 Å². The van der Waals surface area contributed by atoms with Gasteiger partial charge in [0.1, 0.15) is 0 Å². The predicted octanol–water partition coefficient (Wildman–Crippen LogP) is 6.23. The molecule has 0 saturated heterocycles. The van der Waals surface area contributed by atoms with Crippen LogP contribution < -0.4 is 8.45 Å². The van der Waals surface area contributed by atoms with Crippen LogP contribution >= 0.6 is 0 Å². The molecule has 2 aromatic rings. The van der Waals surface area contributed by atoms with Crippen LogP contribution in [0.15, 0.2) is 18.2 Å². The molecule has 3 nitrogen and oxygen atoms in total. The van der Waals surface area contributed by atoms with Crippen LogP contribution in [0.4, 0.5) is 8.78 Å². The molecule has 0 aliphatic rings. The van der Waals surface area contributed by atoms with Gasteiger partial charge in [-0.2, -0.15) is 0 Å². The molecule has 0 fully saturated rings. The van der Waals surface area contributed by atoms with Gasteiger partial charge in [-0.25, -0.2) is 0 Å². The van der Waals surface area contributed by atoms with E-state index in [2.05, 4.69) is 25.5 Å². The Balaban J connectivity index is 2.40. The van der Waals surface area contributed by atoms with Crippen molar-refractivity contribution in [2.75, 3.05) is 0 Å². The van der Waals surface area contributed by atoms with Crippen LogP contribution in [-0.4, -0.2) is 37.5 Å². The molecule has 0 aliphatic heterocycles. The van der Waals surface area contributed by atoms with Gasteiger partial charge in [-0.3, -0.25) is 0 Å². The molecule has 0 amide bonds. The zero-order valence-electron chi connectivity index (χ0n) is 17.7. The van der Waals surface area contributed by atoms with E-state index in [1.807, 2.05) is 17.8 Å². The van der Waals surface area contributed by atoms with E-state index in [1.54, 1.807) is 12.1 Å². The zero-order valence-corrected chi connectivity index (χ0v) is 20.6. The van der Waals surface area contributed by atoms with Crippen LogP contribution in [-0.2, 0) is 7.05 Å². The number of aryl methyl sites for hydroxylation is 1. The van der Waals surface area contributed by atoms with Crippen LogP contribution in [0.3, 0.4) is 0 Å². The molecule has 1 aromatic heterocycles. The number of unbranched alkanes of at least 4 members (excludes halogenated alkanes) is 3. The number of aromatic nitrogens is 2. The molecule has 6 heteroatoms. The summed E-state index contributed by atoms with van der Waals surface area (Å²) in [6.45, 7) is 3.99. The van der Waals surface area contributed by atoms with Crippen molar-refractivity contribution in [3.8, 4) is 5.75 Å². The van der Waals surface area contributed by atoms with Crippen molar-refractivity contribution >= 4 is 35.8 Å². The number of halogens is 2. The van der Waals surface area contributed by atoms with Crippen molar-refractivity contribution in [2.24, 2.45) is 7.05 Å². The summed E-state index contributed by atoms with van der Waals surface area (Å²) in [6.07, 6.45) is 11.3. The first kappa shape index (κ1) is 23.4. The van der Waals surface area contributed by atoms with Crippen molar-refractivity contribution in [1.82, 2.24) is 9.78 Å². The van der Waals surface area contributed by atoms with Crippen molar-refractivity contribution in [2.45, 2.75) is 88.6 Å². The van der Waals surface area contributed by atoms with E-state index in [0.29, 0.717) is 3.43 Å². The van der Waals surface area contributed by atoms with E-state index in [0.717, 1.165) is 10.9 Å². The Bertz CT molecular complexity index is 711. The number of hydrogen-bond acceptors (Lipinski definition) is 2. The fraction of sp³-hybridized carbons (Fsp3) is 0.682. The number of fused-ring (bicyclic) bond motifs is 1. The van der Waals surface area contributed by atoms with Gasteiger partial charge in [0, 0.05) is 0 Å². The molecule has 2 rings (SSSR count). The molecule has 0 atom stereocenters. The second-order valence-electron chi connectivity index (χ2n) is 7.75. The molecule has 0 spiro atoms. The van der Waals surface area contributed by atoms with Crippen LogP contribution in [0.2, 0.25) is 3.43 Å². The SMILES string of the molecule is CCCC[C](CCCC)(CCCC)[Sn][c]1nn(C)c2ccc(OC(F)F)cc12. The minimum absolute atomic E-state index is 0.234. The number of benzene rings is 1. The van der Waals surface area contributed by atoms with E-state index < -0.39 is 27.8 Å². The fourth-order valence-electron chi connectivity index (χ4n) is 3.87. The number of alkyl halides is 2. The Morgan fingerprint density at radius 1 is 1.04 bits per heavy atom. The van der Waals surface area contributed by atoms with Crippen LogP contribution in [0.1, 0.15) is 78.6 Å². The first-order chi connectivity index (χ1) is 13.4. The molecule has 0 unspecified atom stereocenters.